The summed E-state index contributed by atoms with van der Waals surface area (Å²) >= 11 is 1.23. The molecule has 0 unspecified atom stereocenters. The number of thiophene rings is 1. The van der Waals surface area contributed by atoms with Gasteiger partial charge in [0.1, 0.15) is 10.6 Å². The number of aromatic hydroxyl groups is 1. The summed E-state index contributed by atoms with van der Waals surface area (Å²) < 4.78 is 18.1. The molecular formula is C12H10FNO3S. The summed E-state index contributed by atoms with van der Waals surface area (Å²) in [5.74, 6) is -1.16. The fraction of sp³-hybridized carbons (Fsp3) is 0.0833. The molecule has 18 heavy (non-hydrogen) atoms. The lowest BCUT2D eigenvalue weighted by atomic mass is 10.3. The van der Waals surface area contributed by atoms with Crippen LogP contribution >= 0.6 is 11.3 Å². The fourth-order valence-corrected chi connectivity index (χ4v) is 2.15. The van der Waals surface area contributed by atoms with Crippen molar-refractivity contribution in [2.24, 2.45) is 0 Å². The summed E-state index contributed by atoms with van der Waals surface area (Å²) in [6.45, 7) is 0. The molecule has 0 radical (unpaired) electrons. The fourth-order valence-electron chi connectivity index (χ4n) is 1.40. The Hall–Kier alpha value is -2.08. The zero-order chi connectivity index (χ0) is 13.1. The maximum Gasteiger partial charge on any atom is 0.269 e. The molecule has 1 heterocycles. The van der Waals surface area contributed by atoms with Crippen molar-refractivity contribution < 1.29 is 19.0 Å². The molecule has 0 saturated heterocycles. The number of phenols is 1. The lowest BCUT2D eigenvalue weighted by Crippen LogP contribution is -2.11. The second-order valence-electron chi connectivity index (χ2n) is 3.44. The SMILES string of the molecule is COc1ccsc1C(=O)Nc1ccc(O)c(F)c1. The van der Waals surface area contributed by atoms with E-state index < -0.39 is 11.6 Å². The third kappa shape index (κ3) is 2.43. The van der Waals surface area contributed by atoms with E-state index in [0.717, 1.165) is 6.07 Å². The highest BCUT2D eigenvalue weighted by Crippen LogP contribution is 2.26. The van der Waals surface area contributed by atoms with Crippen molar-refractivity contribution in [3.63, 3.8) is 0 Å². The van der Waals surface area contributed by atoms with Gasteiger partial charge in [0, 0.05) is 11.8 Å². The maximum atomic E-state index is 13.1. The van der Waals surface area contributed by atoms with Crippen LogP contribution in [0.4, 0.5) is 10.1 Å². The summed E-state index contributed by atoms with van der Waals surface area (Å²) in [4.78, 5) is 12.3. The Balaban J connectivity index is 2.19. The lowest BCUT2D eigenvalue weighted by Gasteiger charge is -2.06. The van der Waals surface area contributed by atoms with Gasteiger partial charge < -0.3 is 15.2 Å². The summed E-state index contributed by atoms with van der Waals surface area (Å²) in [7, 11) is 1.47. The number of methoxy groups -OCH3 is 1. The minimum absolute atomic E-state index is 0.269. The first kappa shape index (κ1) is 12.4. The van der Waals surface area contributed by atoms with Crippen molar-refractivity contribution in [2.75, 3.05) is 12.4 Å². The summed E-state index contributed by atoms with van der Waals surface area (Å²) in [6.07, 6.45) is 0. The summed E-state index contributed by atoms with van der Waals surface area (Å²) in [6, 6.07) is 5.32. The van der Waals surface area contributed by atoms with Crippen LogP contribution in [0.15, 0.2) is 29.6 Å². The second-order valence-corrected chi connectivity index (χ2v) is 4.35. The van der Waals surface area contributed by atoms with E-state index in [4.69, 9.17) is 9.84 Å². The molecule has 2 aromatic rings. The van der Waals surface area contributed by atoms with Gasteiger partial charge in [-0.3, -0.25) is 4.79 Å². The molecule has 1 amide bonds. The molecule has 1 aromatic carbocycles. The van der Waals surface area contributed by atoms with Crippen LogP contribution in [0.25, 0.3) is 0 Å². The van der Waals surface area contributed by atoms with Crippen LogP contribution in [0.2, 0.25) is 0 Å². The average molecular weight is 267 g/mol. The molecule has 2 rings (SSSR count). The largest absolute Gasteiger partial charge is 0.505 e. The molecule has 2 N–H and O–H groups in total. The molecule has 0 bridgehead atoms. The van der Waals surface area contributed by atoms with Crippen LogP contribution in [0, 0.1) is 5.82 Å². The Bertz CT molecular complexity index is 582. The molecule has 0 aliphatic heterocycles. The van der Waals surface area contributed by atoms with Crippen LogP contribution in [0.1, 0.15) is 9.67 Å². The van der Waals surface area contributed by atoms with Gasteiger partial charge in [-0.2, -0.15) is 0 Å². The third-order valence-corrected chi connectivity index (χ3v) is 3.16. The Morgan fingerprint density at radius 2 is 2.22 bits per heavy atom. The predicted molar refractivity (Wildman–Crippen MR) is 66.9 cm³/mol. The van der Waals surface area contributed by atoms with Gasteiger partial charge >= 0.3 is 0 Å². The van der Waals surface area contributed by atoms with Crippen LogP contribution in [0.5, 0.6) is 11.5 Å². The van der Waals surface area contributed by atoms with Crippen molar-refractivity contribution in [3.8, 4) is 11.5 Å². The molecule has 4 nitrogen and oxygen atoms in total. The van der Waals surface area contributed by atoms with Crippen LogP contribution in [-0.2, 0) is 0 Å². The minimum atomic E-state index is -0.786. The second kappa shape index (κ2) is 5.05. The molecule has 0 atom stereocenters. The predicted octanol–water partition coefficient (Wildman–Crippen LogP) is 2.85. The van der Waals surface area contributed by atoms with Crippen molar-refractivity contribution >= 4 is 22.9 Å². The van der Waals surface area contributed by atoms with Gasteiger partial charge in [-0.15, -0.1) is 11.3 Å². The Labute approximate surface area is 107 Å². The maximum absolute atomic E-state index is 13.1. The van der Waals surface area contributed by atoms with Crippen LogP contribution in [-0.4, -0.2) is 18.1 Å². The Morgan fingerprint density at radius 1 is 1.44 bits per heavy atom. The lowest BCUT2D eigenvalue weighted by molar-refractivity contribution is 0.102. The number of amides is 1. The number of benzene rings is 1. The zero-order valence-electron chi connectivity index (χ0n) is 9.44. The number of carbonyl (C=O) groups excluding carboxylic acids is 1. The highest BCUT2D eigenvalue weighted by molar-refractivity contribution is 7.12. The van der Waals surface area contributed by atoms with Gasteiger partial charge in [-0.1, -0.05) is 0 Å². The number of halogens is 1. The monoisotopic (exact) mass is 267 g/mol. The first-order valence-corrected chi connectivity index (χ1v) is 5.91. The van der Waals surface area contributed by atoms with E-state index in [0.29, 0.717) is 10.6 Å². The molecule has 0 aliphatic carbocycles. The number of phenolic OH excluding ortho intramolecular Hbond substituents is 1. The van der Waals surface area contributed by atoms with Crippen LogP contribution in [0.3, 0.4) is 0 Å². The Kier molecular flexibility index (Phi) is 3.47. The topological polar surface area (TPSA) is 58.6 Å². The number of nitrogens with one attached hydrogen (secondary N) is 1. The molecular weight excluding hydrogens is 257 g/mol. The van der Waals surface area contributed by atoms with Gasteiger partial charge in [0.15, 0.2) is 11.6 Å². The van der Waals surface area contributed by atoms with Gasteiger partial charge in [0.05, 0.1) is 7.11 Å². The highest BCUT2D eigenvalue weighted by Gasteiger charge is 2.14. The zero-order valence-corrected chi connectivity index (χ0v) is 10.3. The standard InChI is InChI=1S/C12H10FNO3S/c1-17-10-4-5-18-11(10)12(16)14-7-2-3-9(15)8(13)6-7/h2-6,15H,1H3,(H,14,16). The third-order valence-electron chi connectivity index (χ3n) is 2.26. The summed E-state index contributed by atoms with van der Waals surface area (Å²) in [5, 5.41) is 13.3. The van der Waals surface area contributed by atoms with E-state index in [1.807, 2.05) is 0 Å². The van der Waals surface area contributed by atoms with Crippen molar-refractivity contribution in [3.05, 3.63) is 40.3 Å². The van der Waals surface area contributed by atoms with Gasteiger partial charge in [0.25, 0.3) is 5.91 Å². The average Bonchev–Trinajstić information content (AvgIpc) is 2.82. The number of hydrogen-bond donors (Lipinski definition) is 2. The molecule has 6 heteroatoms. The van der Waals surface area contributed by atoms with Crippen molar-refractivity contribution in [1.29, 1.82) is 0 Å². The number of carbonyl (C=O) groups is 1. The van der Waals surface area contributed by atoms with E-state index in [2.05, 4.69) is 5.32 Å². The number of hydrogen-bond acceptors (Lipinski definition) is 4. The molecule has 94 valence electrons. The highest BCUT2D eigenvalue weighted by atomic mass is 32.1. The van der Waals surface area contributed by atoms with E-state index in [-0.39, 0.29) is 11.6 Å². The van der Waals surface area contributed by atoms with E-state index in [9.17, 15) is 9.18 Å². The van der Waals surface area contributed by atoms with E-state index in [1.165, 1.54) is 30.6 Å². The summed E-state index contributed by atoms with van der Waals surface area (Å²) in [5.41, 5.74) is 0.269. The van der Waals surface area contributed by atoms with Gasteiger partial charge in [0.2, 0.25) is 0 Å². The Morgan fingerprint density at radius 3 is 2.89 bits per heavy atom. The molecule has 0 spiro atoms. The molecule has 0 fully saturated rings. The number of ether oxygens (including phenoxy) is 1. The normalized spacial score (nSPS) is 10.1. The molecule has 0 aliphatic rings. The van der Waals surface area contributed by atoms with Gasteiger partial charge in [-0.05, 0) is 23.6 Å². The number of rotatable bonds is 3. The van der Waals surface area contributed by atoms with Crippen molar-refractivity contribution in [2.45, 2.75) is 0 Å². The van der Waals surface area contributed by atoms with E-state index in [1.54, 1.807) is 11.4 Å². The molecule has 1 aromatic heterocycles. The van der Waals surface area contributed by atoms with Crippen molar-refractivity contribution in [1.82, 2.24) is 0 Å². The van der Waals surface area contributed by atoms with E-state index >= 15 is 0 Å². The first-order chi connectivity index (χ1) is 8.61. The van der Waals surface area contributed by atoms with Gasteiger partial charge in [-0.25, -0.2) is 4.39 Å². The van der Waals surface area contributed by atoms with Crippen LogP contribution < -0.4 is 10.1 Å². The molecule has 0 saturated carbocycles. The quantitative estimate of drug-likeness (QED) is 0.841. The smallest absolute Gasteiger partial charge is 0.269 e. The number of anilines is 1. The minimum Gasteiger partial charge on any atom is -0.505 e. The first-order valence-electron chi connectivity index (χ1n) is 5.03.